The number of carbonyl (C=O) groups excluding carboxylic acids is 1. The van der Waals surface area contributed by atoms with Crippen LogP contribution < -0.4 is 10.2 Å². The van der Waals surface area contributed by atoms with E-state index in [4.69, 9.17) is 0 Å². The fraction of sp³-hybridized carbons (Fsp3) is 0.471. The molecule has 1 aromatic rings. The SMILES string of the molecule is CC(C(=O)N1CCN(c2cccc(C)c2)CC1)=C1CNC1. The van der Waals surface area contributed by atoms with Gasteiger partial charge in [0, 0.05) is 50.5 Å². The molecule has 0 spiro atoms. The third kappa shape index (κ3) is 2.95. The van der Waals surface area contributed by atoms with Gasteiger partial charge in [-0.25, -0.2) is 0 Å². The number of amides is 1. The lowest BCUT2D eigenvalue weighted by atomic mass is 10.0. The fourth-order valence-electron chi connectivity index (χ4n) is 2.90. The Bertz CT molecular complexity index is 565. The molecule has 0 atom stereocenters. The predicted molar refractivity (Wildman–Crippen MR) is 85.5 cm³/mol. The van der Waals surface area contributed by atoms with E-state index in [1.165, 1.54) is 16.8 Å². The summed E-state index contributed by atoms with van der Waals surface area (Å²) in [4.78, 5) is 16.8. The summed E-state index contributed by atoms with van der Waals surface area (Å²) >= 11 is 0. The van der Waals surface area contributed by atoms with Crippen molar-refractivity contribution in [2.24, 2.45) is 0 Å². The number of piperazine rings is 1. The first-order valence-corrected chi connectivity index (χ1v) is 7.65. The van der Waals surface area contributed by atoms with Crippen LogP contribution in [0.1, 0.15) is 12.5 Å². The molecule has 1 amide bonds. The molecule has 0 bridgehead atoms. The van der Waals surface area contributed by atoms with Gasteiger partial charge in [0.2, 0.25) is 5.91 Å². The molecule has 2 aliphatic heterocycles. The van der Waals surface area contributed by atoms with E-state index in [-0.39, 0.29) is 5.91 Å². The molecule has 3 rings (SSSR count). The molecule has 0 aliphatic carbocycles. The second kappa shape index (κ2) is 5.90. The van der Waals surface area contributed by atoms with Gasteiger partial charge in [-0.2, -0.15) is 0 Å². The average Bonchev–Trinajstić information content (AvgIpc) is 2.45. The first-order chi connectivity index (χ1) is 10.1. The van der Waals surface area contributed by atoms with Crippen molar-refractivity contribution in [3.05, 3.63) is 41.0 Å². The Morgan fingerprint density at radius 2 is 1.86 bits per heavy atom. The van der Waals surface area contributed by atoms with E-state index in [9.17, 15) is 4.79 Å². The maximum absolute atomic E-state index is 12.5. The number of anilines is 1. The average molecular weight is 285 g/mol. The number of aryl methyl sites for hydroxylation is 1. The molecule has 2 aliphatic rings. The van der Waals surface area contributed by atoms with Crippen LogP contribution in [0.25, 0.3) is 0 Å². The van der Waals surface area contributed by atoms with E-state index in [2.05, 4.69) is 41.4 Å². The number of hydrogen-bond donors (Lipinski definition) is 1. The maximum atomic E-state index is 12.5. The first kappa shape index (κ1) is 14.1. The van der Waals surface area contributed by atoms with E-state index >= 15 is 0 Å². The van der Waals surface area contributed by atoms with Gasteiger partial charge in [-0.05, 0) is 37.1 Å². The Balaban J connectivity index is 1.61. The zero-order chi connectivity index (χ0) is 14.8. The Kier molecular flexibility index (Phi) is 3.97. The topological polar surface area (TPSA) is 35.6 Å². The highest BCUT2D eigenvalue weighted by Crippen LogP contribution is 2.19. The number of hydrogen-bond acceptors (Lipinski definition) is 3. The molecule has 1 N–H and O–H groups in total. The van der Waals surface area contributed by atoms with Gasteiger partial charge < -0.3 is 15.1 Å². The molecule has 1 aromatic carbocycles. The van der Waals surface area contributed by atoms with Gasteiger partial charge in [-0.15, -0.1) is 0 Å². The molecule has 0 radical (unpaired) electrons. The van der Waals surface area contributed by atoms with Crippen LogP contribution in [0.2, 0.25) is 0 Å². The molecule has 0 saturated carbocycles. The Hall–Kier alpha value is -1.81. The standard InChI is InChI=1S/C17H23N3O/c1-13-4-3-5-16(10-13)19-6-8-20(9-7-19)17(21)14(2)15-11-18-12-15/h3-5,10,18H,6-9,11-12H2,1-2H3. The number of carbonyl (C=O) groups is 1. The quantitative estimate of drug-likeness (QED) is 0.838. The predicted octanol–water partition coefficient (Wildman–Crippen LogP) is 1.56. The lowest BCUT2D eigenvalue weighted by molar-refractivity contribution is -0.127. The van der Waals surface area contributed by atoms with E-state index in [1.807, 2.05) is 11.8 Å². The molecule has 2 saturated heterocycles. The summed E-state index contributed by atoms with van der Waals surface area (Å²) in [6.07, 6.45) is 0. The Labute approximate surface area is 126 Å². The third-order valence-corrected chi connectivity index (χ3v) is 4.46. The molecule has 4 nitrogen and oxygen atoms in total. The van der Waals surface area contributed by atoms with Crippen LogP contribution in [0.15, 0.2) is 35.4 Å². The summed E-state index contributed by atoms with van der Waals surface area (Å²) in [5.74, 6) is 0.218. The zero-order valence-corrected chi connectivity index (χ0v) is 12.9. The summed E-state index contributed by atoms with van der Waals surface area (Å²) < 4.78 is 0. The molecule has 4 heteroatoms. The van der Waals surface area contributed by atoms with Crippen molar-refractivity contribution in [1.82, 2.24) is 10.2 Å². The van der Waals surface area contributed by atoms with Gasteiger partial charge in [0.1, 0.15) is 0 Å². The minimum absolute atomic E-state index is 0.218. The number of benzene rings is 1. The van der Waals surface area contributed by atoms with E-state index in [0.29, 0.717) is 0 Å². The largest absolute Gasteiger partial charge is 0.368 e. The number of nitrogens with one attached hydrogen (secondary N) is 1. The van der Waals surface area contributed by atoms with Crippen LogP contribution >= 0.6 is 0 Å². The van der Waals surface area contributed by atoms with Crippen LogP contribution in [0, 0.1) is 6.92 Å². The summed E-state index contributed by atoms with van der Waals surface area (Å²) in [7, 11) is 0. The number of rotatable bonds is 2. The minimum atomic E-state index is 0.218. The lowest BCUT2D eigenvalue weighted by Crippen LogP contribution is -2.49. The molecular formula is C17H23N3O. The summed E-state index contributed by atoms with van der Waals surface area (Å²) in [6.45, 7) is 9.28. The van der Waals surface area contributed by atoms with Gasteiger partial charge in [0.05, 0.1) is 0 Å². The normalized spacial score (nSPS) is 18.5. The smallest absolute Gasteiger partial charge is 0.249 e. The maximum Gasteiger partial charge on any atom is 0.249 e. The summed E-state index contributed by atoms with van der Waals surface area (Å²) in [5, 5.41) is 3.20. The minimum Gasteiger partial charge on any atom is -0.368 e. The van der Waals surface area contributed by atoms with Gasteiger partial charge in [0.25, 0.3) is 0 Å². The Morgan fingerprint density at radius 1 is 1.14 bits per heavy atom. The molecule has 0 unspecified atom stereocenters. The van der Waals surface area contributed by atoms with Crippen LogP contribution in [0.3, 0.4) is 0 Å². The van der Waals surface area contributed by atoms with Gasteiger partial charge in [-0.1, -0.05) is 12.1 Å². The second-order valence-electron chi connectivity index (χ2n) is 5.95. The highest BCUT2D eigenvalue weighted by atomic mass is 16.2. The van der Waals surface area contributed by atoms with Crippen molar-refractivity contribution >= 4 is 11.6 Å². The first-order valence-electron chi connectivity index (χ1n) is 7.65. The molecular weight excluding hydrogens is 262 g/mol. The molecule has 2 fully saturated rings. The van der Waals surface area contributed by atoms with Crippen LogP contribution in [-0.2, 0) is 4.79 Å². The lowest BCUT2D eigenvalue weighted by Gasteiger charge is -2.37. The van der Waals surface area contributed by atoms with Gasteiger partial charge >= 0.3 is 0 Å². The third-order valence-electron chi connectivity index (χ3n) is 4.46. The van der Waals surface area contributed by atoms with Crippen molar-refractivity contribution in [2.45, 2.75) is 13.8 Å². The zero-order valence-electron chi connectivity index (χ0n) is 12.9. The van der Waals surface area contributed by atoms with Crippen molar-refractivity contribution in [3.8, 4) is 0 Å². The highest BCUT2D eigenvalue weighted by Gasteiger charge is 2.24. The van der Waals surface area contributed by atoms with Crippen molar-refractivity contribution < 1.29 is 4.79 Å². The van der Waals surface area contributed by atoms with Crippen molar-refractivity contribution in [3.63, 3.8) is 0 Å². The van der Waals surface area contributed by atoms with E-state index in [0.717, 1.165) is 44.8 Å². The number of nitrogens with zero attached hydrogens (tertiary/aromatic N) is 2. The van der Waals surface area contributed by atoms with Crippen LogP contribution in [0.5, 0.6) is 0 Å². The van der Waals surface area contributed by atoms with Gasteiger partial charge in [0.15, 0.2) is 0 Å². The van der Waals surface area contributed by atoms with Crippen molar-refractivity contribution in [1.29, 1.82) is 0 Å². The summed E-state index contributed by atoms with van der Waals surface area (Å²) in [6, 6.07) is 8.58. The highest BCUT2D eigenvalue weighted by molar-refractivity contribution is 5.94. The molecule has 112 valence electrons. The monoisotopic (exact) mass is 285 g/mol. The van der Waals surface area contributed by atoms with E-state index < -0.39 is 0 Å². The molecule has 2 heterocycles. The Morgan fingerprint density at radius 3 is 2.43 bits per heavy atom. The molecule has 0 aromatic heterocycles. The fourth-order valence-corrected chi connectivity index (χ4v) is 2.90. The van der Waals surface area contributed by atoms with Gasteiger partial charge in [-0.3, -0.25) is 4.79 Å². The second-order valence-corrected chi connectivity index (χ2v) is 5.95. The summed E-state index contributed by atoms with van der Waals surface area (Å²) in [5.41, 5.74) is 4.75. The molecule has 21 heavy (non-hydrogen) atoms. The van der Waals surface area contributed by atoms with Crippen molar-refractivity contribution in [2.75, 3.05) is 44.2 Å². The van der Waals surface area contributed by atoms with Crippen LogP contribution in [0.4, 0.5) is 5.69 Å². The van der Waals surface area contributed by atoms with E-state index in [1.54, 1.807) is 0 Å². The van der Waals surface area contributed by atoms with Crippen LogP contribution in [-0.4, -0.2) is 50.1 Å².